The van der Waals surface area contributed by atoms with E-state index in [2.05, 4.69) is 23.7 Å². The number of carbonyl (C=O) groups excluding carboxylic acids is 3. The summed E-state index contributed by atoms with van der Waals surface area (Å²) in [5.41, 5.74) is 2.13. The summed E-state index contributed by atoms with van der Waals surface area (Å²) < 4.78 is 10.4. The van der Waals surface area contributed by atoms with Crippen molar-refractivity contribution in [3.63, 3.8) is 0 Å². The van der Waals surface area contributed by atoms with Gasteiger partial charge in [0.1, 0.15) is 17.2 Å². The second kappa shape index (κ2) is 12.1. The van der Waals surface area contributed by atoms with Crippen LogP contribution in [0.2, 0.25) is 0 Å². The topological polar surface area (TPSA) is 112 Å². The highest BCUT2D eigenvalue weighted by atomic mass is 16.5. The minimum Gasteiger partial charge on any atom is -0.507 e. The van der Waals surface area contributed by atoms with E-state index in [4.69, 9.17) is 9.47 Å². The van der Waals surface area contributed by atoms with Crippen molar-refractivity contribution in [1.29, 1.82) is 0 Å². The van der Waals surface area contributed by atoms with Crippen LogP contribution in [0, 0.1) is 13.8 Å². The molecule has 0 radical (unpaired) electrons. The Kier molecular flexibility index (Phi) is 9.15. The van der Waals surface area contributed by atoms with Gasteiger partial charge in [-0.25, -0.2) is 4.79 Å². The lowest BCUT2D eigenvalue weighted by atomic mass is 9.94. The first-order valence-electron chi connectivity index (χ1n) is 12.7. The Balaban J connectivity index is 2.11. The number of benzene rings is 1. The molecule has 0 spiro atoms. The monoisotopic (exact) mass is 511 g/mol. The number of carbonyl (C=O) groups is 3. The van der Waals surface area contributed by atoms with Gasteiger partial charge in [-0.15, -0.1) is 0 Å². The van der Waals surface area contributed by atoms with Crippen LogP contribution in [0.3, 0.4) is 0 Å². The highest BCUT2D eigenvalue weighted by molar-refractivity contribution is 6.46. The van der Waals surface area contributed by atoms with E-state index in [0.29, 0.717) is 47.7 Å². The third-order valence-corrected chi connectivity index (χ3v) is 6.88. The number of aliphatic hydroxyl groups excluding tert-OH is 1. The maximum absolute atomic E-state index is 13.4. The largest absolute Gasteiger partial charge is 0.507 e. The Hall–Kier alpha value is -3.59. The molecule has 1 aromatic carbocycles. The number of hydrogen-bond acceptors (Lipinski definition) is 7. The van der Waals surface area contributed by atoms with Crippen LogP contribution < -0.4 is 4.74 Å². The Bertz CT molecular complexity index is 1180. The lowest BCUT2D eigenvalue weighted by Gasteiger charge is -2.27. The number of nitrogens with zero attached hydrogens (tertiary/aromatic N) is 2. The van der Waals surface area contributed by atoms with Gasteiger partial charge in [0.15, 0.2) is 0 Å². The van der Waals surface area contributed by atoms with E-state index in [1.807, 2.05) is 19.1 Å². The summed E-state index contributed by atoms with van der Waals surface area (Å²) in [6, 6.07) is 6.42. The molecular formula is C28H37N3O6. The first-order valence-corrected chi connectivity index (χ1v) is 12.7. The number of hydrogen-bond donors (Lipinski definition) is 2. The van der Waals surface area contributed by atoms with Gasteiger partial charge < -0.3 is 29.4 Å². The van der Waals surface area contributed by atoms with Crippen molar-refractivity contribution in [2.24, 2.45) is 0 Å². The number of rotatable bonds is 11. The van der Waals surface area contributed by atoms with Crippen molar-refractivity contribution >= 4 is 23.4 Å². The zero-order valence-electron chi connectivity index (χ0n) is 22.5. The molecule has 1 atom stereocenters. The molecule has 0 saturated carbocycles. The molecule has 9 heteroatoms. The summed E-state index contributed by atoms with van der Waals surface area (Å²) in [4.78, 5) is 45.6. The average molecular weight is 512 g/mol. The number of aliphatic hydroxyl groups is 1. The molecule has 2 aromatic rings. The van der Waals surface area contributed by atoms with Crippen molar-refractivity contribution in [1.82, 2.24) is 14.8 Å². The summed E-state index contributed by atoms with van der Waals surface area (Å²) in [6.07, 6.45) is 0.678. The van der Waals surface area contributed by atoms with Crippen molar-refractivity contribution in [3.05, 3.63) is 57.9 Å². The normalized spacial score (nSPS) is 17.1. The quantitative estimate of drug-likeness (QED) is 0.203. The third kappa shape index (κ3) is 5.56. The fourth-order valence-electron chi connectivity index (χ4n) is 4.92. The van der Waals surface area contributed by atoms with Gasteiger partial charge in [0.05, 0.1) is 25.3 Å². The van der Waals surface area contributed by atoms with E-state index in [0.717, 1.165) is 19.6 Å². The highest BCUT2D eigenvalue weighted by Gasteiger charge is 2.46. The number of aryl methyl sites for hydroxylation is 1. The predicted molar refractivity (Wildman–Crippen MR) is 141 cm³/mol. The smallest absolute Gasteiger partial charge is 0.354 e. The highest BCUT2D eigenvalue weighted by Crippen LogP contribution is 2.41. The molecule has 2 heterocycles. The molecule has 0 aliphatic carbocycles. The number of likely N-dealkylation sites (tertiary alicyclic amines) is 1. The molecule has 1 aliphatic heterocycles. The van der Waals surface area contributed by atoms with Gasteiger partial charge in [-0.05, 0) is 70.1 Å². The SMILES string of the molecule is CCOc1ccc([C@@H]2/C(=C(\O)c3c(C)[nH]c(C(=O)OC)c3C)C(=O)C(=O)N2CCCN(CC)CC)cc1. The van der Waals surface area contributed by atoms with Crippen molar-refractivity contribution in [2.75, 3.05) is 39.9 Å². The van der Waals surface area contributed by atoms with Gasteiger partial charge in [-0.3, -0.25) is 9.59 Å². The number of nitrogens with one attached hydrogen (secondary N) is 1. The van der Waals surface area contributed by atoms with Crippen LogP contribution in [-0.2, 0) is 14.3 Å². The van der Waals surface area contributed by atoms with Crippen LogP contribution in [0.25, 0.3) is 5.76 Å². The number of aromatic amines is 1. The van der Waals surface area contributed by atoms with Crippen LogP contribution in [0.15, 0.2) is 29.8 Å². The van der Waals surface area contributed by atoms with Crippen molar-refractivity contribution in [3.8, 4) is 5.75 Å². The number of methoxy groups -OCH3 is 1. The van der Waals surface area contributed by atoms with E-state index >= 15 is 0 Å². The molecule has 1 amide bonds. The lowest BCUT2D eigenvalue weighted by Crippen LogP contribution is -2.33. The predicted octanol–water partition coefficient (Wildman–Crippen LogP) is 3.97. The standard InChI is InChI=1S/C28H37N3O6/c1-7-30(8-2)15-10-16-31-24(19-11-13-20(14-12-19)37-9-3)22(26(33)27(31)34)25(32)21-17(4)23(28(35)36-6)29-18(21)5/h11-14,24,29,32H,7-10,15-16H2,1-6H3/b25-22+/t24-/m1/s1. The zero-order valence-corrected chi connectivity index (χ0v) is 22.5. The summed E-state index contributed by atoms with van der Waals surface area (Å²) in [5.74, 6) is -1.63. The molecule has 37 heavy (non-hydrogen) atoms. The van der Waals surface area contributed by atoms with Gasteiger partial charge in [0.2, 0.25) is 0 Å². The second-order valence-corrected chi connectivity index (χ2v) is 8.99. The number of amides is 1. The molecule has 2 N–H and O–H groups in total. The van der Waals surface area contributed by atoms with Crippen LogP contribution in [0.4, 0.5) is 0 Å². The Labute approximate surface area is 218 Å². The maximum atomic E-state index is 13.4. The van der Waals surface area contributed by atoms with E-state index < -0.39 is 23.7 Å². The van der Waals surface area contributed by atoms with Gasteiger partial charge in [-0.2, -0.15) is 0 Å². The van der Waals surface area contributed by atoms with E-state index in [9.17, 15) is 19.5 Å². The number of H-pyrrole nitrogens is 1. The number of esters is 1. The van der Waals surface area contributed by atoms with Crippen molar-refractivity contribution in [2.45, 2.75) is 47.1 Å². The molecule has 3 rings (SSSR count). The Morgan fingerprint density at radius 3 is 2.32 bits per heavy atom. The molecule has 200 valence electrons. The van der Waals surface area contributed by atoms with E-state index in [1.54, 1.807) is 26.0 Å². The first kappa shape index (κ1) is 28.0. The molecule has 1 aliphatic rings. The second-order valence-electron chi connectivity index (χ2n) is 8.99. The molecule has 9 nitrogen and oxygen atoms in total. The van der Waals surface area contributed by atoms with Gasteiger partial charge in [0.25, 0.3) is 11.7 Å². The van der Waals surface area contributed by atoms with Gasteiger partial charge in [-0.1, -0.05) is 26.0 Å². The molecule has 1 fully saturated rings. The van der Waals surface area contributed by atoms with Crippen molar-refractivity contribution < 1.29 is 29.0 Å². The summed E-state index contributed by atoms with van der Waals surface area (Å²) in [6.45, 7) is 12.9. The molecule has 0 unspecified atom stereocenters. The third-order valence-electron chi connectivity index (χ3n) is 6.88. The lowest BCUT2D eigenvalue weighted by molar-refractivity contribution is -0.140. The maximum Gasteiger partial charge on any atom is 0.354 e. The number of Topliss-reactive ketones (excluding diaryl/α,β-unsaturated/α-hetero) is 1. The molecule has 0 bridgehead atoms. The van der Waals surface area contributed by atoms with Crippen LogP contribution >= 0.6 is 0 Å². The molecule has 1 aromatic heterocycles. The number of ether oxygens (including phenoxy) is 2. The van der Waals surface area contributed by atoms with E-state index in [-0.39, 0.29) is 17.0 Å². The van der Waals surface area contributed by atoms with Crippen LogP contribution in [-0.4, -0.2) is 77.4 Å². The Morgan fingerprint density at radius 1 is 1.11 bits per heavy atom. The average Bonchev–Trinajstić information content (AvgIpc) is 3.33. The molecular weight excluding hydrogens is 474 g/mol. The Morgan fingerprint density at radius 2 is 1.76 bits per heavy atom. The summed E-state index contributed by atoms with van der Waals surface area (Å²) in [5, 5.41) is 11.5. The fourth-order valence-corrected chi connectivity index (χ4v) is 4.92. The number of ketones is 1. The summed E-state index contributed by atoms with van der Waals surface area (Å²) in [7, 11) is 1.27. The number of aromatic nitrogens is 1. The van der Waals surface area contributed by atoms with Crippen LogP contribution in [0.5, 0.6) is 5.75 Å². The van der Waals surface area contributed by atoms with Crippen LogP contribution in [0.1, 0.15) is 66.1 Å². The molecule has 1 saturated heterocycles. The van der Waals surface area contributed by atoms with Gasteiger partial charge in [0, 0.05) is 17.8 Å². The van der Waals surface area contributed by atoms with E-state index in [1.165, 1.54) is 12.0 Å². The van der Waals surface area contributed by atoms with Gasteiger partial charge >= 0.3 is 5.97 Å². The fraction of sp³-hybridized carbons (Fsp3) is 0.464. The first-order chi connectivity index (χ1) is 17.7. The minimum atomic E-state index is -0.775. The summed E-state index contributed by atoms with van der Waals surface area (Å²) >= 11 is 0. The zero-order chi connectivity index (χ0) is 27.3. The minimum absolute atomic E-state index is 0.00128.